The first-order chi connectivity index (χ1) is 9.78. The number of rotatable bonds is 8. The summed E-state index contributed by atoms with van der Waals surface area (Å²) in [6.45, 7) is 5.92. The topological polar surface area (TPSA) is 41.1 Å². The Balaban J connectivity index is 1.76. The maximum atomic E-state index is 4.65. The summed E-state index contributed by atoms with van der Waals surface area (Å²) in [6.07, 6.45) is 4.75. The molecule has 0 aliphatic heterocycles. The summed E-state index contributed by atoms with van der Waals surface area (Å²) in [5.41, 5.74) is 2.50. The number of likely N-dealkylation sites (N-methyl/N-ethyl adjacent to an activating group) is 1. The summed E-state index contributed by atoms with van der Waals surface area (Å²) in [5, 5.41) is 6.64. The molecule has 0 radical (unpaired) electrons. The first kappa shape index (κ1) is 15.1. The van der Waals surface area contributed by atoms with Gasteiger partial charge in [-0.15, -0.1) is 11.3 Å². The lowest BCUT2D eigenvalue weighted by Gasteiger charge is -2.14. The highest BCUT2D eigenvalue weighted by Crippen LogP contribution is 2.11. The number of pyridine rings is 1. The Morgan fingerprint density at radius 1 is 1.30 bits per heavy atom. The fourth-order valence-corrected chi connectivity index (χ4v) is 2.71. The molecule has 0 atom stereocenters. The molecule has 0 fully saturated rings. The van der Waals surface area contributed by atoms with Gasteiger partial charge in [-0.25, -0.2) is 4.98 Å². The quantitative estimate of drug-likeness (QED) is 0.810. The Bertz CT molecular complexity index is 498. The van der Waals surface area contributed by atoms with Crippen molar-refractivity contribution in [2.24, 2.45) is 0 Å². The van der Waals surface area contributed by atoms with E-state index in [4.69, 9.17) is 0 Å². The third-order valence-corrected chi connectivity index (χ3v) is 3.99. The van der Waals surface area contributed by atoms with Crippen molar-refractivity contribution in [2.75, 3.05) is 20.1 Å². The molecule has 20 heavy (non-hydrogen) atoms. The number of nitrogens with zero attached hydrogens (tertiary/aromatic N) is 3. The smallest absolute Gasteiger partial charge is 0.107 e. The molecule has 0 aromatic carbocycles. The van der Waals surface area contributed by atoms with E-state index in [-0.39, 0.29) is 0 Å². The number of thiazole rings is 1. The van der Waals surface area contributed by atoms with Crippen LogP contribution in [0.2, 0.25) is 0 Å². The van der Waals surface area contributed by atoms with Gasteiger partial charge in [-0.3, -0.25) is 4.98 Å². The first-order valence-corrected chi connectivity index (χ1v) is 7.87. The van der Waals surface area contributed by atoms with Gasteiger partial charge >= 0.3 is 0 Å². The van der Waals surface area contributed by atoms with E-state index < -0.39 is 0 Å². The molecular weight excluding hydrogens is 268 g/mol. The molecule has 0 bridgehead atoms. The van der Waals surface area contributed by atoms with E-state index in [0.717, 1.165) is 32.6 Å². The van der Waals surface area contributed by atoms with Crippen LogP contribution in [0.25, 0.3) is 0 Å². The van der Waals surface area contributed by atoms with E-state index >= 15 is 0 Å². The van der Waals surface area contributed by atoms with Crippen molar-refractivity contribution in [2.45, 2.75) is 26.4 Å². The molecular formula is C15H22N4S. The number of nitrogens with one attached hydrogen (secondary N) is 1. The summed E-state index contributed by atoms with van der Waals surface area (Å²) in [4.78, 5) is 11.0. The van der Waals surface area contributed by atoms with E-state index in [1.54, 1.807) is 11.3 Å². The van der Waals surface area contributed by atoms with Gasteiger partial charge in [0.15, 0.2) is 0 Å². The number of hydrogen-bond donors (Lipinski definition) is 1. The summed E-state index contributed by atoms with van der Waals surface area (Å²) >= 11 is 1.74. The molecule has 2 aromatic heterocycles. The lowest BCUT2D eigenvalue weighted by Crippen LogP contribution is -2.21. The summed E-state index contributed by atoms with van der Waals surface area (Å²) < 4.78 is 0. The van der Waals surface area contributed by atoms with Gasteiger partial charge in [-0.2, -0.15) is 0 Å². The Labute approximate surface area is 124 Å². The monoisotopic (exact) mass is 290 g/mol. The standard InChI is InChI=1S/C15H22N4S/c1-3-16-10-15-18-14(12-20-15)11-19(2)9-6-13-4-7-17-8-5-13/h4-5,7-8,12,16H,3,6,9-11H2,1-2H3. The first-order valence-electron chi connectivity index (χ1n) is 6.99. The zero-order valence-corrected chi connectivity index (χ0v) is 13.0. The van der Waals surface area contributed by atoms with Crippen LogP contribution in [-0.4, -0.2) is 35.0 Å². The lowest BCUT2D eigenvalue weighted by molar-refractivity contribution is 0.327. The van der Waals surface area contributed by atoms with Crippen molar-refractivity contribution in [3.05, 3.63) is 46.2 Å². The molecule has 5 heteroatoms. The van der Waals surface area contributed by atoms with Crippen LogP contribution in [0.5, 0.6) is 0 Å². The van der Waals surface area contributed by atoms with Crippen LogP contribution in [0.1, 0.15) is 23.2 Å². The molecule has 2 aromatic rings. The van der Waals surface area contributed by atoms with Gasteiger partial charge in [0.25, 0.3) is 0 Å². The molecule has 2 rings (SSSR count). The lowest BCUT2D eigenvalue weighted by atomic mass is 10.2. The number of aromatic nitrogens is 2. The van der Waals surface area contributed by atoms with E-state index in [2.05, 4.69) is 51.7 Å². The highest BCUT2D eigenvalue weighted by molar-refractivity contribution is 7.09. The second kappa shape index (κ2) is 8.09. The third kappa shape index (κ3) is 5.00. The van der Waals surface area contributed by atoms with Crippen LogP contribution in [0, 0.1) is 0 Å². The van der Waals surface area contributed by atoms with Crippen molar-refractivity contribution in [1.82, 2.24) is 20.2 Å². The molecule has 0 saturated carbocycles. The molecule has 4 nitrogen and oxygen atoms in total. The molecule has 1 N–H and O–H groups in total. The Kier molecular flexibility index (Phi) is 6.11. The Hall–Kier alpha value is -1.30. The van der Waals surface area contributed by atoms with Crippen LogP contribution in [0.3, 0.4) is 0 Å². The predicted molar refractivity (Wildman–Crippen MR) is 83.8 cm³/mol. The zero-order valence-electron chi connectivity index (χ0n) is 12.2. The second-order valence-corrected chi connectivity index (χ2v) is 5.80. The highest BCUT2D eigenvalue weighted by Gasteiger charge is 2.05. The van der Waals surface area contributed by atoms with Gasteiger partial charge < -0.3 is 10.2 Å². The normalized spacial score (nSPS) is 11.2. The summed E-state index contributed by atoms with van der Waals surface area (Å²) in [6, 6.07) is 4.15. The van der Waals surface area contributed by atoms with Crippen LogP contribution in [0.15, 0.2) is 29.9 Å². The molecule has 0 unspecified atom stereocenters. The van der Waals surface area contributed by atoms with Gasteiger partial charge in [0, 0.05) is 37.4 Å². The van der Waals surface area contributed by atoms with Crippen LogP contribution in [-0.2, 0) is 19.5 Å². The molecule has 0 aliphatic rings. The summed E-state index contributed by atoms with van der Waals surface area (Å²) in [5.74, 6) is 0. The van der Waals surface area contributed by atoms with Crippen molar-refractivity contribution in [1.29, 1.82) is 0 Å². The largest absolute Gasteiger partial charge is 0.311 e. The van der Waals surface area contributed by atoms with E-state index in [1.165, 1.54) is 16.3 Å². The van der Waals surface area contributed by atoms with Crippen molar-refractivity contribution in [3.8, 4) is 0 Å². The van der Waals surface area contributed by atoms with Crippen molar-refractivity contribution < 1.29 is 0 Å². The molecule has 108 valence electrons. The molecule has 2 heterocycles. The van der Waals surface area contributed by atoms with Crippen LogP contribution >= 0.6 is 11.3 Å². The molecule has 0 spiro atoms. The maximum Gasteiger partial charge on any atom is 0.107 e. The van der Waals surface area contributed by atoms with Gasteiger partial charge in [-0.05, 0) is 37.7 Å². The minimum Gasteiger partial charge on any atom is -0.311 e. The Morgan fingerprint density at radius 2 is 2.10 bits per heavy atom. The number of hydrogen-bond acceptors (Lipinski definition) is 5. The van der Waals surface area contributed by atoms with Gasteiger partial charge in [0.05, 0.1) is 5.69 Å². The van der Waals surface area contributed by atoms with Gasteiger partial charge in [0.2, 0.25) is 0 Å². The predicted octanol–water partition coefficient (Wildman–Crippen LogP) is 2.32. The fraction of sp³-hybridized carbons (Fsp3) is 0.467. The molecule has 0 aliphatic carbocycles. The second-order valence-electron chi connectivity index (χ2n) is 4.86. The SMILES string of the molecule is CCNCc1nc(CN(C)CCc2ccncc2)cs1. The molecule has 0 saturated heterocycles. The van der Waals surface area contributed by atoms with Crippen LogP contribution in [0.4, 0.5) is 0 Å². The van der Waals surface area contributed by atoms with E-state index in [1.807, 2.05) is 12.4 Å². The fourth-order valence-electron chi connectivity index (χ4n) is 1.96. The van der Waals surface area contributed by atoms with Crippen molar-refractivity contribution >= 4 is 11.3 Å². The minimum absolute atomic E-state index is 0.877. The summed E-state index contributed by atoms with van der Waals surface area (Å²) in [7, 11) is 2.14. The van der Waals surface area contributed by atoms with Crippen LogP contribution < -0.4 is 5.32 Å². The average Bonchev–Trinajstić information content (AvgIpc) is 2.91. The zero-order chi connectivity index (χ0) is 14.2. The van der Waals surface area contributed by atoms with Gasteiger partial charge in [0.1, 0.15) is 5.01 Å². The van der Waals surface area contributed by atoms with Crippen molar-refractivity contribution in [3.63, 3.8) is 0 Å². The highest BCUT2D eigenvalue weighted by atomic mass is 32.1. The van der Waals surface area contributed by atoms with E-state index in [0.29, 0.717) is 0 Å². The average molecular weight is 290 g/mol. The minimum atomic E-state index is 0.877. The third-order valence-electron chi connectivity index (χ3n) is 3.09. The maximum absolute atomic E-state index is 4.65. The van der Waals surface area contributed by atoms with E-state index in [9.17, 15) is 0 Å². The Morgan fingerprint density at radius 3 is 2.85 bits per heavy atom. The molecule has 0 amide bonds. The van der Waals surface area contributed by atoms with Gasteiger partial charge in [-0.1, -0.05) is 6.92 Å².